The molecule has 0 unspecified atom stereocenters. The SMILES string of the molecule is CN(CC(=O)Nc1nc(-c2ccccc2)c(-c2ccccc2)s1)S(=O)(=O)c1cccs1. The molecule has 0 atom stereocenters. The quantitative estimate of drug-likeness (QED) is 0.422. The highest BCUT2D eigenvalue weighted by molar-refractivity contribution is 7.91. The number of anilines is 1. The molecule has 4 aromatic rings. The first kappa shape index (κ1) is 21.4. The third-order valence-corrected chi connectivity index (χ3v) is 8.68. The first-order valence-corrected chi connectivity index (χ1v) is 12.5. The summed E-state index contributed by atoms with van der Waals surface area (Å²) in [5.74, 6) is -0.449. The van der Waals surface area contributed by atoms with Gasteiger partial charge in [-0.15, -0.1) is 11.3 Å². The van der Waals surface area contributed by atoms with E-state index >= 15 is 0 Å². The van der Waals surface area contributed by atoms with Crippen LogP contribution in [0.1, 0.15) is 0 Å². The van der Waals surface area contributed by atoms with Crippen molar-refractivity contribution in [2.75, 3.05) is 18.9 Å². The molecule has 0 saturated carbocycles. The van der Waals surface area contributed by atoms with Crippen molar-refractivity contribution in [3.63, 3.8) is 0 Å². The Morgan fingerprint density at radius 3 is 2.23 bits per heavy atom. The fraction of sp³-hybridized carbons (Fsp3) is 0.0909. The van der Waals surface area contributed by atoms with Crippen LogP contribution < -0.4 is 5.32 Å². The normalized spacial score (nSPS) is 11.5. The lowest BCUT2D eigenvalue weighted by molar-refractivity contribution is -0.116. The van der Waals surface area contributed by atoms with Crippen molar-refractivity contribution in [1.29, 1.82) is 0 Å². The average Bonchev–Trinajstić information content (AvgIpc) is 3.46. The van der Waals surface area contributed by atoms with E-state index in [1.54, 1.807) is 11.4 Å². The second-order valence-corrected chi connectivity index (χ2v) is 10.9. The van der Waals surface area contributed by atoms with E-state index in [0.717, 1.165) is 37.3 Å². The van der Waals surface area contributed by atoms with Crippen molar-refractivity contribution in [2.45, 2.75) is 4.21 Å². The Morgan fingerprint density at radius 2 is 1.61 bits per heavy atom. The van der Waals surface area contributed by atoms with Crippen molar-refractivity contribution < 1.29 is 13.2 Å². The lowest BCUT2D eigenvalue weighted by Crippen LogP contribution is -2.34. The predicted molar refractivity (Wildman–Crippen MR) is 126 cm³/mol. The predicted octanol–water partition coefficient (Wildman–Crippen LogP) is 4.80. The number of hydrogen-bond acceptors (Lipinski definition) is 6. The lowest BCUT2D eigenvalue weighted by atomic mass is 10.1. The highest BCUT2D eigenvalue weighted by atomic mass is 32.2. The zero-order chi connectivity index (χ0) is 21.8. The zero-order valence-electron chi connectivity index (χ0n) is 16.6. The number of hydrogen-bond donors (Lipinski definition) is 1. The molecule has 1 N–H and O–H groups in total. The van der Waals surface area contributed by atoms with Gasteiger partial charge in [-0.2, -0.15) is 4.31 Å². The van der Waals surface area contributed by atoms with Gasteiger partial charge in [-0.05, 0) is 17.0 Å². The van der Waals surface area contributed by atoms with Gasteiger partial charge in [0.2, 0.25) is 5.91 Å². The van der Waals surface area contributed by atoms with Crippen LogP contribution in [0.2, 0.25) is 0 Å². The number of nitrogens with zero attached hydrogens (tertiary/aromatic N) is 2. The highest BCUT2D eigenvalue weighted by Crippen LogP contribution is 2.38. The van der Waals surface area contributed by atoms with Gasteiger partial charge in [0.15, 0.2) is 5.13 Å². The molecule has 9 heteroatoms. The summed E-state index contributed by atoms with van der Waals surface area (Å²) < 4.78 is 26.3. The molecular formula is C22H19N3O3S3. The summed E-state index contributed by atoms with van der Waals surface area (Å²) in [4.78, 5) is 18.2. The highest BCUT2D eigenvalue weighted by Gasteiger charge is 2.24. The second-order valence-electron chi connectivity index (χ2n) is 6.67. The molecule has 0 aliphatic rings. The van der Waals surface area contributed by atoms with Gasteiger partial charge in [0.25, 0.3) is 10.0 Å². The van der Waals surface area contributed by atoms with E-state index in [2.05, 4.69) is 10.3 Å². The number of likely N-dealkylation sites (N-methyl/N-ethyl adjacent to an activating group) is 1. The molecule has 0 saturated heterocycles. The molecule has 2 heterocycles. The smallest absolute Gasteiger partial charge is 0.252 e. The van der Waals surface area contributed by atoms with E-state index in [-0.39, 0.29) is 10.8 Å². The summed E-state index contributed by atoms with van der Waals surface area (Å²) in [6.07, 6.45) is 0. The van der Waals surface area contributed by atoms with E-state index in [9.17, 15) is 13.2 Å². The van der Waals surface area contributed by atoms with Crippen molar-refractivity contribution in [3.05, 3.63) is 78.2 Å². The third kappa shape index (κ3) is 4.75. The molecule has 0 spiro atoms. The molecule has 0 bridgehead atoms. The first-order valence-electron chi connectivity index (χ1n) is 9.36. The van der Waals surface area contributed by atoms with Gasteiger partial charge in [-0.3, -0.25) is 4.79 Å². The van der Waals surface area contributed by atoms with Crippen molar-refractivity contribution in [2.24, 2.45) is 0 Å². The maximum Gasteiger partial charge on any atom is 0.252 e. The fourth-order valence-electron chi connectivity index (χ4n) is 2.96. The third-order valence-electron chi connectivity index (χ3n) is 4.48. The van der Waals surface area contributed by atoms with Crippen LogP contribution in [-0.2, 0) is 14.8 Å². The Hall–Kier alpha value is -2.85. The van der Waals surface area contributed by atoms with Crippen LogP contribution in [-0.4, -0.2) is 37.2 Å². The molecule has 4 rings (SSSR count). The number of amides is 1. The number of sulfonamides is 1. The van der Waals surface area contributed by atoms with Gasteiger partial charge in [0, 0.05) is 12.6 Å². The summed E-state index contributed by atoms with van der Waals surface area (Å²) in [6.45, 7) is -0.304. The average molecular weight is 470 g/mol. The number of rotatable bonds is 7. The number of aromatic nitrogens is 1. The minimum absolute atomic E-state index is 0.203. The zero-order valence-corrected chi connectivity index (χ0v) is 19.0. The Morgan fingerprint density at radius 1 is 0.968 bits per heavy atom. The van der Waals surface area contributed by atoms with E-state index in [0.29, 0.717) is 5.13 Å². The number of carbonyl (C=O) groups is 1. The van der Waals surface area contributed by atoms with Crippen LogP contribution in [0.5, 0.6) is 0 Å². The minimum atomic E-state index is -3.70. The molecule has 6 nitrogen and oxygen atoms in total. The van der Waals surface area contributed by atoms with E-state index in [4.69, 9.17) is 0 Å². The van der Waals surface area contributed by atoms with Crippen LogP contribution in [0, 0.1) is 0 Å². The molecule has 31 heavy (non-hydrogen) atoms. The maximum atomic E-state index is 12.6. The molecule has 158 valence electrons. The van der Waals surface area contributed by atoms with Crippen LogP contribution in [0.25, 0.3) is 21.7 Å². The summed E-state index contributed by atoms with van der Waals surface area (Å²) in [6, 6.07) is 22.8. The molecule has 0 fully saturated rings. The minimum Gasteiger partial charge on any atom is -0.301 e. The second kappa shape index (κ2) is 9.11. The molecule has 1 amide bonds. The van der Waals surface area contributed by atoms with Crippen molar-refractivity contribution in [1.82, 2.24) is 9.29 Å². The van der Waals surface area contributed by atoms with Gasteiger partial charge in [0.1, 0.15) is 4.21 Å². The van der Waals surface area contributed by atoms with Crippen LogP contribution in [0.15, 0.2) is 82.4 Å². The van der Waals surface area contributed by atoms with Crippen LogP contribution in [0.4, 0.5) is 5.13 Å². The summed E-state index contributed by atoms with van der Waals surface area (Å²) >= 11 is 2.48. The monoisotopic (exact) mass is 469 g/mol. The lowest BCUT2D eigenvalue weighted by Gasteiger charge is -2.15. The number of thiazole rings is 1. The van der Waals surface area contributed by atoms with Gasteiger partial charge in [-0.1, -0.05) is 78.1 Å². The van der Waals surface area contributed by atoms with Crippen LogP contribution >= 0.6 is 22.7 Å². The Balaban J connectivity index is 1.57. The van der Waals surface area contributed by atoms with E-state index in [1.807, 2.05) is 60.7 Å². The molecule has 0 aliphatic carbocycles. The summed E-state index contributed by atoms with van der Waals surface area (Å²) in [7, 11) is -2.31. The number of thiophene rings is 1. The van der Waals surface area contributed by atoms with Gasteiger partial charge >= 0.3 is 0 Å². The van der Waals surface area contributed by atoms with Crippen LogP contribution in [0.3, 0.4) is 0 Å². The first-order chi connectivity index (χ1) is 14.9. The summed E-state index contributed by atoms with van der Waals surface area (Å²) in [5, 5.41) is 4.86. The summed E-state index contributed by atoms with van der Waals surface area (Å²) in [5.41, 5.74) is 2.71. The standard InChI is InChI=1S/C22H19N3O3S3/c1-25(31(27,28)19-13-8-14-29-19)15-18(26)23-22-24-20(16-9-4-2-5-10-16)21(30-22)17-11-6-3-7-12-17/h2-14H,15H2,1H3,(H,23,24,26). The van der Waals surface area contributed by atoms with E-state index in [1.165, 1.54) is 24.5 Å². The molecule has 0 aliphatic heterocycles. The van der Waals surface area contributed by atoms with E-state index < -0.39 is 15.9 Å². The molecular weight excluding hydrogens is 450 g/mol. The van der Waals surface area contributed by atoms with Crippen molar-refractivity contribution >= 4 is 43.7 Å². The Labute approximate surface area is 188 Å². The number of carbonyl (C=O) groups excluding carboxylic acids is 1. The maximum absolute atomic E-state index is 12.6. The Kier molecular flexibility index (Phi) is 6.28. The Bertz CT molecular complexity index is 1210. The van der Waals surface area contributed by atoms with Gasteiger partial charge < -0.3 is 5.32 Å². The molecule has 2 aromatic carbocycles. The van der Waals surface area contributed by atoms with Gasteiger partial charge in [-0.25, -0.2) is 13.4 Å². The van der Waals surface area contributed by atoms with Gasteiger partial charge in [0.05, 0.1) is 17.1 Å². The number of nitrogens with one attached hydrogen (secondary N) is 1. The topological polar surface area (TPSA) is 79.4 Å². The molecule has 2 aromatic heterocycles. The fourth-order valence-corrected chi connectivity index (χ4v) is 6.30. The largest absolute Gasteiger partial charge is 0.301 e. The molecule has 0 radical (unpaired) electrons. The van der Waals surface area contributed by atoms with Crippen molar-refractivity contribution in [3.8, 4) is 21.7 Å². The number of benzene rings is 2.